The number of nitrogens with zero attached hydrogens (tertiary/aromatic N) is 4. The van der Waals surface area contributed by atoms with E-state index in [1.165, 1.54) is 13.4 Å². The summed E-state index contributed by atoms with van der Waals surface area (Å²) < 4.78 is 51.9. The zero-order valence-corrected chi connectivity index (χ0v) is 19.8. The standard InChI is InChI=1S/C24H25F2N5O5/c1-24(4-5-24)36-23(32)31-8-13-10-34-11-14(9-31)19(13)35-22-20(33-3)21(28-12-29-22)30-18-16(25)6-15(27-2)7-17(18)26/h6-7,12-14,19H,4-5,8-11H2,1,3H3,(H,28,29,30). The summed E-state index contributed by atoms with van der Waals surface area (Å²) in [5, 5.41) is 2.59. The topological polar surface area (TPSA) is 99.4 Å². The highest BCUT2D eigenvalue weighted by atomic mass is 19.1. The van der Waals surface area contributed by atoms with Gasteiger partial charge in [-0.25, -0.2) is 23.4 Å². The number of benzene rings is 1. The molecule has 10 nitrogen and oxygen atoms in total. The summed E-state index contributed by atoms with van der Waals surface area (Å²) >= 11 is 0. The molecule has 2 aromatic rings. The van der Waals surface area contributed by atoms with E-state index in [2.05, 4.69) is 20.1 Å². The van der Waals surface area contributed by atoms with Crippen molar-refractivity contribution in [2.75, 3.05) is 38.7 Å². The highest BCUT2D eigenvalue weighted by Crippen LogP contribution is 2.41. The number of nitrogens with one attached hydrogen (secondary N) is 1. The summed E-state index contributed by atoms with van der Waals surface area (Å²) in [4.78, 5) is 25.6. The number of amides is 1. The summed E-state index contributed by atoms with van der Waals surface area (Å²) in [6.07, 6.45) is 2.27. The molecule has 5 rings (SSSR count). The van der Waals surface area contributed by atoms with Crippen LogP contribution >= 0.6 is 0 Å². The molecule has 2 saturated heterocycles. The monoisotopic (exact) mass is 501 g/mol. The Hall–Kier alpha value is -3.72. The van der Waals surface area contributed by atoms with Crippen LogP contribution < -0.4 is 14.8 Å². The van der Waals surface area contributed by atoms with Crippen LogP contribution in [0.25, 0.3) is 4.85 Å². The molecule has 2 atom stereocenters. The van der Waals surface area contributed by atoms with Crippen molar-refractivity contribution in [2.24, 2.45) is 11.8 Å². The van der Waals surface area contributed by atoms with E-state index in [9.17, 15) is 13.6 Å². The third kappa shape index (κ3) is 4.70. The van der Waals surface area contributed by atoms with Gasteiger partial charge < -0.3 is 29.2 Å². The van der Waals surface area contributed by atoms with Crippen LogP contribution in [0.5, 0.6) is 11.6 Å². The number of piperidine rings is 1. The minimum Gasteiger partial charge on any atom is -0.489 e. The molecule has 1 saturated carbocycles. The zero-order valence-electron chi connectivity index (χ0n) is 19.8. The van der Waals surface area contributed by atoms with Gasteiger partial charge in [0.1, 0.15) is 35.4 Å². The molecule has 3 aliphatic rings. The molecule has 36 heavy (non-hydrogen) atoms. The Balaban J connectivity index is 1.34. The molecule has 1 aromatic carbocycles. The van der Waals surface area contributed by atoms with Gasteiger partial charge in [0, 0.05) is 24.9 Å². The highest BCUT2D eigenvalue weighted by Gasteiger charge is 2.47. The largest absolute Gasteiger partial charge is 0.489 e. The number of anilines is 2. The van der Waals surface area contributed by atoms with E-state index in [0.29, 0.717) is 26.3 Å². The van der Waals surface area contributed by atoms with Gasteiger partial charge in [0.05, 0.1) is 26.9 Å². The number of likely N-dealkylation sites (tertiary alicyclic amines) is 1. The van der Waals surface area contributed by atoms with Crippen molar-refractivity contribution in [1.82, 2.24) is 14.9 Å². The van der Waals surface area contributed by atoms with Crippen LogP contribution in [0, 0.1) is 30.0 Å². The molecule has 0 radical (unpaired) electrons. The van der Waals surface area contributed by atoms with Crippen LogP contribution in [0.3, 0.4) is 0 Å². The Morgan fingerprint density at radius 1 is 1.22 bits per heavy atom. The Bertz CT molecular complexity index is 1180. The second-order valence-corrected chi connectivity index (χ2v) is 9.44. The molecule has 12 heteroatoms. The Morgan fingerprint density at radius 2 is 1.89 bits per heavy atom. The Morgan fingerprint density at radius 3 is 2.47 bits per heavy atom. The first-order valence-electron chi connectivity index (χ1n) is 11.5. The summed E-state index contributed by atoms with van der Waals surface area (Å²) in [7, 11) is 1.37. The van der Waals surface area contributed by atoms with Gasteiger partial charge in [0.2, 0.25) is 5.75 Å². The predicted molar refractivity (Wildman–Crippen MR) is 122 cm³/mol. The van der Waals surface area contributed by atoms with E-state index in [4.69, 9.17) is 25.5 Å². The average Bonchev–Trinajstić information content (AvgIpc) is 3.57. The quantitative estimate of drug-likeness (QED) is 0.592. The van der Waals surface area contributed by atoms with Crippen molar-refractivity contribution in [3.63, 3.8) is 0 Å². The lowest BCUT2D eigenvalue weighted by Gasteiger charge is -2.46. The van der Waals surface area contributed by atoms with Gasteiger partial charge in [0.15, 0.2) is 11.5 Å². The van der Waals surface area contributed by atoms with Crippen molar-refractivity contribution >= 4 is 23.3 Å². The lowest BCUT2D eigenvalue weighted by Crippen LogP contribution is -2.59. The second kappa shape index (κ2) is 9.39. The van der Waals surface area contributed by atoms with Gasteiger partial charge in [-0.05, 0) is 31.9 Å². The maximum atomic E-state index is 14.4. The molecule has 1 aliphatic carbocycles. The first-order chi connectivity index (χ1) is 17.3. The van der Waals surface area contributed by atoms with Gasteiger partial charge in [0.25, 0.3) is 5.88 Å². The van der Waals surface area contributed by atoms with Crippen molar-refractivity contribution in [3.8, 4) is 11.6 Å². The molecule has 2 unspecified atom stereocenters. The van der Waals surface area contributed by atoms with Crippen LogP contribution in [-0.4, -0.2) is 66.1 Å². The second-order valence-electron chi connectivity index (χ2n) is 9.44. The van der Waals surface area contributed by atoms with E-state index in [0.717, 1.165) is 25.0 Å². The van der Waals surface area contributed by atoms with Gasteiger partial charge in [-0.1, -0.05) is 0 Å². The van der Waals surface area contributed by atoms with Gasteiger partial charge in [-0.15, -0.1) is 0 Å². The molecular weight excluding hydrogens is 476 g/mol. The fraction of sp³-hybridized carbons (Fsp3) is 0.500. The number of hydrogen-bond donors (Lipinski definition) is 1. The molecule has 1 N–H and O–H groups in total. The summed E-state index contributed by atoms with van der Waals surface area (Å²) in [6.45, 7) is 10.5. The third-order valence-electron chi connectivity index (χ3n) is 6.67. The number of carbonyl (C=O) groups excluding carboxylic acids is 1. The third-order valence-corrected chi connectivity index (χ3v) is 6.67. The minimum atomic E-state index is -0.949. The van der Waals surface area contributed by atoms with Crippen LogP contribution in [0.1, 0.15) is 19.8 Å². The Kier molecular flexibility index (Phi) is 6.26. The minimum absolute atomic E-state index is 0.00374. The maximum absolute atomic E-state index is 14.4. The van der Waals surface area contributed by atoms with E-state index < -0.39 is 17.3 Å². The normalized spacial score (nSPS) is 23.9. The molecule has 190 valence electrons. The summed E-state index contributed by atoms with van der Waals surface area (Å²) in [6, 6.07) is 1.85. The number of hydrogen-bond acceptors (Lipinski definition) is 8. The summed E-state index contributed by atoms with van der Waals surface area (Å²) in [5.41, 5.74) is -1.00. The van der Waals surface area contributed by atoms with Crippen molar-refractivity contribution < 1.29 is 32.5 Å². The first kappa shape index (κ1) is 24.0. The molecule has 3 fully saturated rings. The molecular formula is C24H25F2N5O5. The number of methoxy groups -OCH3 is 1. The lowest BCUT2D eigenvalue weighted by molar-refractivity contribution is -0.112. The van der Waals surface area contributed by atoms with Gasteiger partial charge in [-0.2, -0.15) is 4.98 Å². The first-order valence-corrected chi connectivity index (χ1v) is 11.5. The van der Waals surface area contributed by atoms with E-state index in [-0.39, 0.29) is 52.8 Å². The Labute approximate surface area is 206 Å². The molecule has 1 amide bonds. The van der Waals surface area contributed by atoms with Crippen LogP contribution in [0.4, 0.5) is 30.8 Å². The molecule has 2 aliphatic heterocycles. The molecule has 2 bridgehead atoms. The number of halogens is 2. The number of ether oxygens (including phenoxy) is 4. The van der Waals surface area contributed by atoms with Crippen LogP contribution in [-0.2, 0) is 9.47 Å². The van der Waals surface area contributed by atoms with Crippen molar-refractivity contribution in [2.45, 2.75) is 31.5 Å². The number of carbonyl (C=O) groups is 1. The van der Waals surface area contributed by atoms with Crippen LogP contribution in [0.15, 0.2) is 18.5 Å². The fourth-order valence-electron chi connectivity index (χ4n) is 4.50. The average molecular weight is 501 g/mol. The lowest BCUT2D eigenvalue weighted by atomic mass is 9.84. The number of fused-ring (bicyclic) bond motifs is 2. The zero-order chi connectivity index (χ0) is 25.4. The van der Waals surface area contributed by atoms with Gasteiger partial charge >= 0.3 is 6.09 Å². The highest BCUT2D eigenvalue weighted by molar-refractivity contribution is 5.69. The van der Waals surface area contributed by atoms with Crippen LogP contribution in [0.2, 0.25) is 0 Å². The van der Waals surface area contributed by atoms with E-state index in [1.807, 2.05) is 6.92 Å². The molecule has 1 aromatic heterocycles. The molecule has 0 spiro atoms. The van der Waals surface area contributed by atoms with E-state index >= 15 is 0 Å². The number of rotatable bonds is 6. The van der Waals surface area contributed by atoms with Crippen molar-refractivity contribution in [1.29, 1.82) is 0 Å². The molecule has 3 heterocycles. The smallest absolute Gasteiger partial charge is 0.410 e. The summed E-state index contributed by atoms with van der Waals surface area (Å²) in [5.74, 6) is -2.01. The fourth-order valence-corrected chi connectivity index (χ4v) is 4.50. The SMILES string of the molecule is [C-]#[N+]c1cc(F)c(Nc2ncnc(OC3C4COCC3CN(C(=O)OC3(C)CC3)C4)c2OC)c(F)c1. The van der Waals surface area contributed by atoms with Crippen molar-refractivity contribution in [3.05, 3.63) is 41.5 Å². The number of aromatic nitrogens is 2. The maximum Gasteiger partial charge on any atom is 0.410 e. The van der Waals surface area contributed by atoms with Gasteiger partial charge in [-0.3, -0.25) is 0 Å². The van der Waals surface area contributed by atoms with E-state index in [1.54, 1.807) is 4.90 Å². The predicted octanol–water partition coefficient (Wildman–Crippen LogP) is 4.07.